The Labute approximate surface area is 137 Å². The predicted molar refractivity (Wildman–Crippen MR) is 90.7 cm³/mol. The summed E-state index contributed by atoms with van der Waals surface area (Å²) < 4.78 is 26.6. The first-order valence-electron chi connectivity index (χ1n) is 7.91. The fraction of sp³-hybridized carbons (Fsp3) is 0.316. The van der Waals surface area contributed by atoms with Crippen molar-refractivity contribution in [1.29, 1.82) is 0 Å². The van der Waals surface area contributed by atoms with Crippen LogP contribution in [0.5, 0.6) is 0 Å². The SMILES string of the molecule is CCC1C(=O)CC(c2ccccc2)S(=O)(=O)C1c1ccccc1. The van der Waals surface area contributed by atoms with Crippen molar-refractivity contribution in [3.63, 3.8) is 0 Å². The highest BCUT2D eigenvalue weighted by Gasteiger charge is 2.48. The minimum Gasteiger partial charge on any atom is -0.299 e. The Bertz CT molecular complexity index is 782. The zero-order valence-corrected chi connectivity index (χ0v) is 13.9. The van der Waals surface area contributed by atoms with Gasteiger partial charge in [-0.1, -0.05) is 67.6 Å². The Morgan fingerprint density at radius 3 is 1.96 bits per heavy atom. The molecule has 4 heteroatoms. The van der Waals surface area contributed by atoms with E-state index in [9.17, 15) is 13.2 Å². The highest BCUT2D eigenvalue weighted by atomic mass is 32.2. The molecule has 3 atom stereocenters. The van der Waals surface area contributed by atoms with Crippen LogP contribution in [0.4, 0.5) is 0 Å². The number of rotatable bonds is 3. The van der Waals surface area contributed by atoms with Crippen LogP contribution in [0, 0.1) is 5.92 Å². The molecule has 0 N–H and O–H groups in total. The van der Waals surface area contributed by atoms with Crippen LogP contribution in [0.15, 0.2) is 60.7 Å². The molecule has 0 spiro atoms. The maximum Gasteiger partial charge on any atom is 0.165 e. The quantitative estimate of drug-likeness (QED) is 0.859. The van der Waals surface area contributed by atoms with Gasteiger partial charge in [0.2, 0.25) is 0 Å². The lowest BCUT2D eigenvalue weighted by atomic mass is 9.88. The molecule has 1 heterocycles. The van der Waals surface area contributed by atoms with Gasteiger partial charge in [0.15, 0.2) is 9.84 Å². The lowest BCUT2D eigenvalue weighted by molar-refractivity contribution is -0.123. The van der Waals surface area contributed by atoms with Crippen molar-refractivity contribution in [2.45, 2.75) is 30.3 Å². The van der Waals surface area contributed by atoms with Gasteiger partial charge in [-0.2, -0.15) is 0 Å². The highest BCUT2D eigenvalue weighted by Crippen LogP contribution is 2.47. The number of benzene rings is 2. The van der Waals surface area contributed by atoms with Crippen LogP contribution in [-0.4, -0.2) is 14.2 Å². The van der Waals surface area contributed by atoms with Crippen molar-refractivity contribution in [2.24, 2.45) is 5.92 Å². The van der Waals surface area contributed by atoms with Crippen molar-refractivity contribution in [3.8, 4) is 0 Å². The maximum absolute atomic E-state index is 13.3. The normalized spacial score (nSPS) is 26.8. The van der Waals surface area contributed by atoms with Crippen LogP contribution in [0.2, 0.25) is 0 Å². The number of Topliss-reactive ketones (excluding diaryl/α,β-unsaturated/α-hetero) is 1. The summed E-state index contributed by atoms with van der Waals surface area (Å²) in [4.78, 5) is 12.6. The third-order valence-corrected chi connectivity index (χ3v) is 7.20. The van der Waals surface area contributed by atoms with Crippen molar-refractivity contribution < 1.29 is 13.2 Å². The van der Waals surface area contributed by atoms with Gasteiger partial charge < -0.3 is 0 Å². The van der Waals surface area contributed by atoms with Gasteiger partial charge >= 0.3 is 0 Å². The lowest BCUT2D eigenvalue weighted by Gasteiger charge is -2.35. The fourth-order valence-electron chi connectivity index (χ4n) is 3.51. The van der Waals surface area contributed by atoms with Crippen molar-refractivity contribution in [1.82, 2.24) is 0 Å². The van der Waals surface area contributed by atoms with E-state index in [0.29, 0.717) is 17.5 Å². The molecule has 2 aromatic carbocycles. The average Bonchev–Trinajstić information content (AvgIpc) is 2.57. The number of ketones is 1. The molecule has 0 aromatic heterocycles. The number of sulfone groups is 1. The summed E-state index contributed by atoms with van der Waals surface area (Å²) >= 11 is 0. The standard InChI is InChI=1S/C19H20O3S/c1-2-16-17(20)13-18(14-9-5-3-6-10-14)23(21,22)19(16)15-11-7-4-8-12-15/h3-12,16,18-19H,2,13H2,1H3. The molecule has 3 unspecified atom stereocenters. The van der Waals surface area contributed by atoms with Gasteiger partial charge in [0.25, 0.3) is 0 Å². The molecule has 1 saturated heterocycles. The summed E-state index contributed by atoms with van der Waals surface area (Å²) in [5, 5.41) is -1.50. The van der Waals surface area contributed by atoms with Gasteiger partial charge in [0.05, 0.1) is 10.5 Å². The Morgan fingerprint density at radius 1 is 0.913 bits per heavy atom. The van der Waals surface area contributed by atoms with Gasteiger partial charge in [-0.25, -0.2) is 8.42 Å². The third-order valence-electron chi connectivity index (χ3n) is 4.66. The first-order chi connectivity index (χ1) is 11.1. The molecule has 0 aliphatic carbocycles. The molecule has 1 aliphatic rings. The molecular weight excluding hydrogens is 308 g/mol. The Morgan fingerprint density at radius 2 is 1.43 bits per heavy atom. The minimum absolute atomic E-state index is 0.0463. The Hall–Kier alpha value is -1.94. The zero-order valence-electron chi connectivity index (χ0n) is 13.1. The van der Waals surface area contributed by atoms with Crippen molar-refractivity contribution in [3.05, 3.63) is 71.8 Å². The summed E-state index contributed by atoms with van der Waals surface area (Å²) in [6.07, 6.45) is 0.618. The van der Waals surface area contributed by atoms with Gasteiger partial charge in [-0.15, -0.1) is 0 Å². The maximum atomic E-state index is 13.3. The lowest BCUT2D eigenvalue weighted by Crippen LogP contribution is -2.38. The second kappa shape index (κ2) is 6.28. The Balaban J connectivity index is 2.13. The van der Waals surface area contributed by atoms with Crippen LogP contribution in [-0.2, 0) is 14.6 Å². The molecule has 23 heavy (non-hydrogen) atoms. The second-order valence-electron chi connectivity index (χ2n) is 6.00. The minimum atomic E-state index is -3.49. The predicted octanol–water partition coefficient (Wildman–Crippen LogP) is 3.88. The molecule has 0 bridgehead atoms. The molecule has 120 valence electrons. The van der Waals surface area contributed by atoms with Gasteiger partial charge in [-0.3, -0.25) is 4.79 Å². The van der Waals surface area contributed by atoms with Gasteiger partial charge in [-0.05, 0) is 17.5 Å². The molecule has 2 aromatic rings. The molecule has 0 radical (unpaired) electrons. The van der Waals surface area contributed by atoms with E-state index in [-0.39, 0.29) is 12.2 Å². The number of hydrogen-bond acceptors (Lipinski definition) is 3. The second-order valence-corrected chi connectivity index (χ2v) is 8.26. The average molecular weight is 328 g/mol. The Kier molecular flexibility index (Phi) is 4.35. The van der Waals surface area contributed by atoms with Crippen LogP contribution < -0.4 is 0 Å². The summed E-state index contributed by atoms with van der Waals surface area (Å²) in [6.45, 7) is 1.89. The van der Waals surface area contributed by atoms with E-state index < -0.39 is 26.3 Å². The van der Waals surface area contributed by atoms with E-state index in [0.717, 1.165) is 0 Å². The molecular formula is C19H20O3S. The first kappa shape index (κ1) is 15.9. The van der Waals surface area contributed by atoms with E-state index in [1.54, 1.807) is 12.1 Å². The first-order valence-corrected chi connectivity index (χ1v) is 9.52. The van der Waals surface area contributed by atoms with Crippen LogP contribution in [0.3, 0.4) is 0 Å². The van der Waals surface area contributed by atoms with E-state index in [1.165, 1.54) is 0 Å². The van der Waals surface area contributed by atoms with Crippen LogP contribution in [0.25, 0.3) is 0 Å². The molecule has 0 saturated carbocycles. The molecule has 1 aliphatic heterocycles. The van der Waals surface area contributed by atoms with E-state index in [2.05, 4.69) is 0 Å². The highest BCUT2D eigenvalue weighted by molar-refractivity contribution is 7.92. The largest absolute Gasteiger partial charge is 0.299 e. The number of carbonyl (C=O) groups excluding carboxylic acids is 1. The molecule has 3 rings (SSSR count). The topological polar surface area (TPSA) is 51.2 Å². The summed E-state index contributed by atoms with van der Waals surface area (Å²) in [6, 6.07) is 18.2. The van der Waals surface area contributed by atoms with E-state index in [4.69, 9.17) is 0 Å². The van der Waals surface area contributed by atoms with Crippen LogP contribution >= 0.6 is 0 Å². The summed E-state index contributed by atoms with van der Waals surface area (Å²) in [5.41, 5.74) is 1.42. The molecule has 3 nitrogen and oxygen atoms in total. The van der Waals surface area contributed by atoms with Crippen molar-refractivity contribution >= 4 is 15.6 Å². The summed E-state index contributed by atoms with van der Waals surface area (Å²) in [5.74, 6) is -0.410. The molecule has 1 fully saturated rings. The number of carbonyl (C=O) groups is 1. The smallest absolute Gasteiger partial charge is 0.165 e. The van der Waals surface area contributed by atoms with E-state index in [1.807, 2.05) is 55.5 Å². The van der Waals surface area contributed by atoms with Gasteiger partial charge in [0.1, 0.15) is 5.78 Å². The molecule has 0 amide bonds. The van der Waals surface area contributed by atoms with Crippen molar-refractivity contribution in [2.75, 3.05) is 0 Å². The number of hydrogen-bond donors (Lipinski definition) is 0. The monoisotopic (exact) mass is 328 g/mol. The fourth-order valence-corrected chi connectivity index (χ4v) is 6.13. The summed E-state index contributed by atoms with van der Waals surface area (Å²) in [7, 11) is -3.49. The van der Waals surface area contributed by atoms with Crippen LogP contribution in [0.1, 0.15) is 41.4 Å². The zero-order chi connectivity index (χ0) is 16.4. The van der Waals surface area contributed by atoms with Gasteiger partial charge in [0, 0.05) is 12.3 Å². The van der Waals surface area contributed by atoms with E-state index >= 15 is 0 Å². The third kappa shape index (κ3) is 2.83.